The fourth-order valence-electron chi connectivity index (χ4n) is 3.01. The minimum absolute atomic E-state index is 0.0502. The van der Waals surface area contributed by atoms with Crippen LogP contribution in [-0.4, -0.2) is 40.9 Å². The SMILES string of the molecule is CN(Cc1ccccc1)c1ncc(C(=O)N2CCCCCC2)cn1. The van der Waals surface area contributed by atoms with E-state index in [1.165, 1.54) is 18.4 Å². The summed E-state index contributed by atoms with van der Waals surface area (Å²) in [4.78, 5) is 25.2. The summed E-state index contributed by atoms with van der Waals surface area (Å²) in [6.07, 6.45) is 7.90. The van der Waals surface area contributed by atoms with Crippen molar-refractivity contribution in [1.29, 1.82) is 0 Å². The minimum Gasteiger partial charge on any atom is -0.340 e. The van der Waals surface area contributed by atoms with Crippen LogP contribution < -0.4 is 4.90 Å². The summed E-state index contributed by atoms with van der Waals surface area (Å²) in [6.45, 7) is 2.42. The molecule has 1 aromatic carbocycles. The number of amides is 1. The first-order valence-electron chi connectivity index (χ1n) is 8.60. The van der Waals surface area contributed by atoms with E-state index in [0.717, 1.165) is 32.5 Å². The molecule has 1 aromatic heterocycles. The third-order valence-corrected chi connectivity index (χ3v) is 4.38. The van der Waals surface area contributed by atoms with Crippen molar-refractivity contribution in [3.05, 3.63) is 53.9 Å². The fourth-order valence-corrected chi connectivity index (χ4v) is 3.01. The first-order valence-corrected chi connectivity index (χ1v) is 8.60. The molecule has 0 spiro atoms. The first-order chi connectivity index (χ1) is 11.7. The molecule has 1 fully saturated rings. The summed E-state index contributed by atoms with van der Waals surface area (Å²) in [7, 11) is 1.96. The third-order valence-electron chi connectivity index (χ3n) is 4.38. The highest BCUT2D eigenvalue weighted by Crippen LogP contribution is 2.14. The Bertz CT molecular complexity index is 649. The number of rotatable bonds is 4. The van der Waals surface area contributed by atoms with Gasteiger partial charge in [-0.05, 0) is 18.4 Å². The lowest BCUT2D eigenvalue weighted by molar-refractivity contribution is 0.0761. The van der Waals surface area contributed by atoms with Crippen LogP contribution in [0.3, 0.4) is 0 Å². The zero-order chi connectivity index (χ0) is 16.8. The van der Waals surface area contributed by atoms with E-state index in [1.807, 2.05) is 35.0 Å². The van der Waals surface area contributed by atoms with E-state index in [9.17, 15) is 4.79 Å². The second-order valence-electron chi connectivity index (χ2n) is 6.32. The van der Waals surface area contributed by atoms with Gasteiger partial charge >= 0.3 is 0 Å². The van der Waals surface area contributed by atoms with Crippen LogP contribution in [0.2, 0.25) is 0 Å². The molecule has 0 aliphatic carbocycles. The Kier molecular flexibility index (Phi) is 5.41. The second kappa shape index (κ2) is 7.90. The number of hydrogen-bond donors (Lipinski definition) is 0. The summed E-state index contributed by atoms with van der Waals surface area (Å²) in [5.41, 5.74) is 1.78. The maximum absolute atomic E-state index is 12.6. The summed E-state index contributed by atoms with van der Waals surface area (Å²) in [5.74, 6) is 0.681. The van der Waals surface area contributed by atoms with E-state index in [1.54, 1.807) is 12.4 Å². The van der Waals surface area contributed by atoms with Crippen molar-refractivity contribution in [1.82, 2.24) is 14.9 Å². The van der Waals surface area contributed by atoms with Gasteiger partial charge < -0.3 is 9.80 Å². The van der Waals surface area contributed by atoms with Crippen LogP contribution >= 0.6 is 0 Å². The average Bonchev–Trinajstić information content (AvgIpc) is 2.91. The molecule has 2 heterocycles. The van der Waals surface area contributed by atoms with Gasteiger partial charge in [0.05, 0.1) is 5.56 Å². The number of carbonyl (C=O) groups excluding carboxylic acids is 1. The molecule has 1 amide bonds. The monoisotopic (exact) mass is 324 g/mol. The van der Waals surface area contributed by atoms with Crippen LogP contribution in [0.25, 0.3) is 0 Å². The smallest absolute Gasteiger partial charge is 0.256 e. The van der Waals surface area contributed by atoms with E-state index in [-0.39, 0.29) is 5.91 Å². The number of likely N-dealkylation sites (tertiary alicyclic amines) is 1. The van der Waals surface area contributed by atoms with Gasteiger partial charge in [-0.25, -0.2) is 9.97 Å². The van der Waals surface area contributed by atoms with Crippen LogP contribution in [0.5, 0.6) is 0 Å². The fraction of sp³-hybridized carbons (Fsp3) is 0.421. The van der Waals surface area contributed by atoms with Crippen LogP contribution in [0, 0.1) is 0 Å². The molecular weight excluding hydrogens is 300 g/mol. The van der Waals surface area contributed by atoms with Crippen LogP contribution in [0.15, 0.2) is 42.7 Å². The molecule has 0 bridgehead atoms. The van der Waals surface area contributed by atoms with E-state index in [4.69, 9.17) is 0 Å². The Hall–Kier alpha value is -2.43. The van der Waals surface area contributed by atoms with Crippen molar-refractivity contribution in [2.45, 2.75) is 32.2 Å². The number of benzene rings is 1. The van der Waals surface area contributed by atoms with Crippen molar-refractivity contribution in [2.24, 2.45) is 0 Å². The molecule has 24 heavy (non-hydrogen) atoms. The minimum atomic E-state index is 0.0502. The van der Waals surface area contributed by atoms with Crippen LogP contribution in [-0.2, 0) is 6.54 Å². The van der Waals surface area contributed by atoms with Gasteiger partial charge in [0.15, 0.2) is 0 Å². The van der Waals surface area contributed by atoms with E-state index < -0.39 is 0 Å². The highest BCUT2D eigenvalue weighted by atomic mass is 16.2. The maximum atomic E-state index is 12.6. The van der Waals surface area contributed by atoms with Gasteiger partial charge in [0.25, 0.3) is 5.91 Å². The molecule has 0 atom stereocenters. The summed E-state index contributed by atoms with van der Waals surface area (Å²) >= 11 is 0. The van der Waals surface area contributed by atoms with E-state index in [0.29, 0.717) is 11.5 Å². The Balaban J connectivity index is 1.65. The van der Waals surface area contributed by atoms with Gasteiger partial charge in [-0.3, -0.25) is 4.79 Å². The molecular formula is C19H24N4O. The average molecular weight is 324 g/mol. The topological polar surface area (TPSA) is 49.3 Å². The van der Waals surface area contributed by atoms with E-state index in [2.05, 4.69) is 22.1 Å². The summed E-state index contributed by atoms with van der Waals surface area (Å²) < 4.78 is 0. The molecule has 126 valence electrons. The number of hydrogen-bond acceptors (Lipinski definition) is 4. The van der Waals surface area contributed by atoms with Crippen molar-refractivity contribution in [2.75, 3.05) is 25.0 Å². The largest absolute Gasteiger partial charge is 0.340 e. The Morgan fingerprint density at radius 2 is 1.67 bits per heavy atom. The first kappa shape index (κ1) is 16.4. The zero-order valence-corrected chi connectivity index (χ0v) is 14.2. The Morgan fingerprint density at radius 3 is 2.29 bits per heavy atom. The third kappa shape index (κ3) is 4.10. The summed E-state index contributed by atoms with van der Waals surface area (Å²) in [6, 6.07) is 10.2. The normalized spacial score (nSPS) is 15.0. The van der Waals surface area contributed by atoms with Gasteiger partial charge in [0, 0.05) is 39.1 Å². The molecule has 0 saturated carbocycles. The van der Waals surface area contributed by atoms with Crippen molar-refractivity contribution in [3.63, 3.8) is 0 Å². The quantitative estimate of drug-likeness (QED) is 0.867. The lowest BCUT2D eigenvalue weighted by atomic mass is 10.2. The lowest BCUT2D eigenvalue weighted by Crippen LogP contribution is -2.32. The van der Waals surface area contributed by atoms with Gasteiger partial charge in [0.2, 0.25) is 5.95 Å². The number of anilines is 1. The number of nitrogens with zero attached hydrogens (tertiary/aromatic N) is 4. The standard InChI is InChI=1S/C19H24N4O/c1-22(15-16-9-5-4-6-10-16)19-20-13-17(14-21-19)18(24)23-11-7-2-3-8-12-23/h4-6,9-10,13-14H,2-3,7-8,11-12,15H2,1H3. The highest BCUT2D eigenvalue weighted by Gasteiger charge is 2.18. The molecule has 5 heteroatoms. The van der Waals surface area contributed by atoms with Crippen molar-refractivity contribution in [3.8, 4) is 0 Å². The van der Waals surface area contributed by atoms with Crippen LogP contribution in [0.1, 0.15) is 41.6 Å². The molecule has 3 rings (SSSR count). The Morgan fingerprint density at radius 1 is 1.04 bits per heavy atom. The Labute approximate surface area is 143 Å². The molecule has 0 radical (unpaired) electrons. The van der Waals surface area contributed by atoms with Gasteiger partial charge in [-0.1, -0.05) is 43.2 Å². The van der Waals surface area contributed by atoms with Gasteiger partial charge in [0.1, 0.15) is 0 Å². The molecule has 0 unspecified atom stereocenters. The van der Waals surface area contributed by atoms with E-state index >= 15 is 0 Å². The van der Waals surface area contributed by atoms with Crippen LogP contribution in [0.4, 0.5) is 5.95 Å². The maximum Gasteiger partial charge on any atom is 0.256 e. The van der Waals surface area contributed by atoms with Crippen molar-refractivity contribution < 1.29 is 4.79 Å². The summed E-state index contributed by atoms with van der Waals surface area (Å²) in [5, 5.41) is 0. The molecule has 1 aliphatic rings. The molecule has 1 saturated heterocycles. The van der Waals surface area contributed by atoms with Gasteiger partial charge in [-0.2, -0.15) is 0 Å². The van der Waals surface area contributed by atoms with Gasteiger partial charge in [-0.15, -0.1) is 0 Å². The number of aromatic nitrogens is 2. The second-order valence-corrected chi connectivity index (χ2v) is 6.32. The zero-order valence-electron chi connectivity index (χ0n) is 14.2. The molecule has 5 nitrogen and oxygen atoms in total. The van der Waals surface area contributed by atoms with Crippen molar-refractivity contribution >= 4 is 11.9 Å². The molecule has 0 N–H and O–H groups in total. The lowest BCUT2D eigenvalue weighted by Gasteiger charge is -2.21. The molecule has 1 aliphatic heterocycles. The molecule has 2 aromatic rings. The predicted molar refractivity (Wildman–Crippen MR) is 95.0 cm³/mol. The highest BCUT2D eigenvalue weighted by molar-refractivity contribution is 5.93. The predicted octanol–water partition coefficient (Wildman–Crippen LogP) is 3.13. The number of carbonyl (C=O) groups is 1.